The van der Waals surface area contributed by atoms with Gasteiger partial charge in [0.1, 0.15) is 11.5 Å². The molecular formula is C12H16FN3O3. The molecular weight excluding hydrogens is 253 g/mol. The van der Waals surface area contributed by atoms with Crippen molar-refractivity contribution >= 4 is 17.3 Å². The first kappa shape index (κ1) is 15.0. The van der Waals surface area contributed by atoms with E-state index in [1.807, 2.05) is 6.92 Å². The molecule has 6 nitrogen and oxygen atoms in total. The Morgan fingerprint density at radius 1 is 1.58 bits per heavy atom. The minimum atomic E-state index is -0.754. The van der Waals surface area contributed by atoms with E-state index >= 15 is 0 Å². The van der Waals surface area contributed by atoms with Gasteiger partial charge in [0.25, 0.3) is 5.69 Å². The number of nitro benzene ring substituents is 1. The molecule has 0 saturated carbocycles. The molecule has 0 saturated heterocycles. The first-order valence-electron chi connectivity index (χ1n) is 5.96. The molecule has 1 amide bonds. The van der Waals surface area contributed by atoms with Crippen LogP contribution in [0.2, 0.25) is 0 Å². The Morgan fingerprint density at radius 2 is 2.26 bits per heavy atom. The number of rotatable bonds is 6. The summed E-state index contributed by atoms with van der Waals surface area (Å²) < 4.78 is 12.9. The van der Waals surface area contributed by atoms with Gasteiger partial charge in [0.2, 0.25) is 5.91 Å². The van der Waals surface area contributed by atoms with Crippen LogP contribution >= 0.6 is 0 Å². The van der Waals surface area contributed by atoms with Gasteiger partial charge in [-0.15, -0.1) is 0 Å². The number of nitrogens with two attached hydrogens (primary N) is 1. The van der Waals surface area contributed by atoms with E-state index in [9.17, 15) is 19.3 Å². The highest BCUT2D eigenvalue weighted by molar-refractivity contribution is 5.96. The first-order chi connectivity index (χ1) is 8.95. The van der Waals surface area contributed by atoms with Gasteiger partial charge in [-0.1, -0.05) is 19.8 Å². The molecule has 1 aromatic carbocycles. The number of halogens is 1. The molecule has 0 bridgehead atoms. The zero-order valence-electron chi connectivity index (χ0n) is 10.6. The summed E-state index contributed by atoms with van der Waals surface area (Å²) in [6.07, 6.45) is 2.19. The molecule has 0 aromatic heterocycles. The Kier molecular flexibility index (Phi) is 5.37. The number of nitro groups is 1. The zero-order chi connectivity index (χ0) is 14.4. The summed E-state index contributed by atoms with van der Waals surface area (Å²) in [6, 6.07) is 2.22. The molecule has 1 atom stereocenters. The number of nitrogens with zero attached hydrogens (tertiary/aromatic N) is 1. The Morgan fingerprint density at radius 3 is 2.84 bits per heavy atom. The molecule has 0 fully saturated rings. The lowest BCUT2D eigenvalue weighted by molar-refractivity contribution is -0.384. The Balaban J connectivity index is 2.81. The van der Waals surface area contributed by atoms with Crippen molar-refractivity contribution in [1.29, 1.82) is 0 Å². The molecule has 0 aliphatic carbocycles. The van der Waals surface area contributed by atoms with Crippen LogP contribution in [0.25, 0.3) is 0 Å². The van der Waals surface area contributed by atoms with Gasteiger partial charge < -0.3 is 11.1 Å². The molecule has 0 heterocycles. The number of benzene rings is 1. The number of unbranched alkanes of at least 4 members (excludes halogenated alkanes) is 1. The highest BCUT2D eigenvalue weighted by Gasteiger charge is 2.19. The van der Waals surface area contributed by atoms with E-state index < -0.39 is 28.4 Å². The van der Waals surface area contributed by atoms with Crippen LogP contribution in [-0.2, 0) is 4.79 Å². The van der Waals surface area contributed by atoms with E-state index in [2.05, 4.69) is 5.32 Å². The predicted octanol–water partition coefficient (Wildman–Crippen LogP) is 2.19. The molecule has 0 aliphatic heterocycles. The van der Waals surface area contributed by atoms with E-state index in [1.165, 1.54) is 0 Å². The fourth-order valence-corrected chi connectivity index (χ4v) is 1.54. The number of carbonyl (C=O) groups excluding carboxylic acids is 1. The van der Waals surface area contributed by atoms with E-state index in [0.29, 0.717) is 6.42 Å². The second kappa shape index (κ2) is 6.79. The maximum atomic E-state index is 12.9. The maximum Gasteiger partial charge on any atom is 0.295 e. The zero-order valence-corrected chi connectivity index (χ0v) is 10.6. The van der Waals surface area contributed by atoms with Crippen LogP contribution in [0.1, 0.15) is 26.2 Å². The largest absolute Gasteiger partial charge is 0.320 e. The second-order valence-corrected chi connectivity index (χ2v) is 4.16. The van der Waals surface area contributed by atoms with Crippen molar-refractivity contribution in [3.8, 4) is 0 Å². The van der Waals surface area contributed by atoms with Crippen molar-refractivity contribution in [3.05, 3.63) is 34.1 Å². The average molecular weight is 269 g/mol. The SMILES string of the molecule is CCCCC(N)C(=O)Nc1ccc(F)cc1[N+](=O)[O-]. The van der Waals surface area contributed by atoms with Gasteiger partial charge in [0, 0.05) is 0 Å². The molecule has 0 radical (unpaired) electrons. The second-order valence-electron chi connectivity index (χ2n) is 4.16. The van der Waals surface area contributed by atoms with E-state index in [4.69, 9.17) is 5.73 Å². The van der Waals surface area contributed by atoms with Crippen molar-refractivity contribution < 1.29 is 14.1 Å². The van der Waals surface area contributed by atoms with Gasteiger partial charge in [-0.2, -0.15) is 0 Å². The fourth-order valence-electron chi connectivity index (χ4n) is 1.54. The van der Waals surface area contributed by atoms with Crippen LogP contribution in [0.5, 0.6) is 0 Å². The number of amides is 1. The van der Waals surface area contributed by atoms with Crippen LogP contribution in [0.3, 0.4) is 0 Å². The van der Waals surface area contributed by atoms with Gasteiger partial charge in [0.15, 0.2) is 0 Å². The lowest BCUT2D eigenvalue weighted by atomic mass is 10.1. The van der Waals surface area contributed by atoms with Crippen LogP contribution in [0.15, 0.2) is 18.2 Å². The van der Waals surface area contributed by atoms with Crippen molar-refractivity contribution in [2.24, 2.45) is 5.73 Å². The van der Waals surface area contributed by atoms with E-state index in [-0.39, 0.29) is 5.69 Å². The minimum Gasteiger partial charge on any atom is -0.320 e. The standard InChI is InChI=1S/C12H16FN3O3/c1-2-3-4-9(14)12(17)15-10-6-5-8(13)7-11(10)16(18)19/h5-7,9H,2-4,14H2,1H3,(H,15,17). The smallest absolute Gasteiger partial charge is 0.295 e. The maximum absolute atomic E-state index is 12.9. The van der Waals surface area contributed by atoms with Crippen molar-refractivity contribution in [1.82, 2.24) is 0 Å². The molecule has 0 spiro atoms. The third-order valence-electron chi connectivity index (χ3n) is 2.62. The van der Waals surface area contributed by atoms with E-state index in [0.717, 1.165) is 31.0 Å². The lowest BCUT2D eigenvalue weighted by Gasteiger charge is -2.11. The van der Waals surface area contributed by atoms with Crippen LogP contribution in [0, 0.1) is 15.9 Å². The normalized spacial score (nSPS) is 11.9. The Labute approximate surface area is 109 Å². The Hall–Kier alpha value is -2.02. The third kappa shape index (κ3) is 4.29. The predicted molar refractivity (Wildman–Crippen MR) is 69.2 cm³/mol. The minimum absolute atomic E-state index is 0.0525. The van der Waals surface area contributed by atoms with Crippen LogP contribution < -0.4 is 11.1 Å². The van der Waals surface area contributed by atoms with Gasteiger partial charge >= 0.3 is 0 Å². The van der Waals surface area contributed by atoms with E-state index in [1.54, 1.807) is 0 Å². The molecule has 1 rings (SSSR count). The summed E-state index contributed by atoms with van der Waals surface area (Å²) in [4.78, 5) is 21.7. The Bertz CT molecular complexity index is 479. The summed E-state index contributed by atoms with van der Waals surface area (Å²) >= 11 is 0. The number of anilines is 1. The highest BCUT2D eigenvalue weighted by Crippen LogP contribution is 2.25. The molecule has 0 aliphatic rings. The molecule has 104 valence electrons. The topological polar surface area (TPSA) is 98.3 Å². The molecule has 3 N–H and O–H groups in total. The van der Waals surface area contributed by atoms with Gasteiger partial charge in [0.05, 0.1) is 17.0 Å². The third-order valence-corrected chi connectivity index (χ3v) is 2.62. The summed E-state index contributed by atoms with van der Waals surface area (Å²) in [5, 5.41) is 13.1. The summed E-state index contributed by atoms with van der Waals surface area (Å²) in [5.41, 5.74) is 5.11. The molecule has 1 unspecified atom stereocenters. The quantitative estimate of drug-likeness (QED) is 0.610. The highest BCUT2D eigenvalue weighted by atomic mass is 19.1. The number of nitrogens with one attached hydrogen (secondary N) is 1. The summed E-state index contributed by atoms with van der Waals surface area (Å²) in [7, 11) is 0. The van der Waals surface area contributed by atoms with Crippen LogP contribution in [-0.4, -0.2) is 16.9 Å². The molecule has 19 heavy (non-hydrogen) atoms. The summed E-state index contributed by atoms with van der Waals surface area (Å²) in [6.45, 7) is 1.97. The van der Waals surface area contributed by atoms with Crippen molar-refractivity contribution in [2.75, 3.05) is 5.32 Å². The first-order valence-corrected chi connectivity index (χ1v) is 5.96. The lowest BCUT2D eigenvalue weighted by Crippen LogP contribution is -2.35. The fraction of sp³-hybridized carbons (Fsp3) is 0.417. The van der Waals surface area contributed by atoms with Crippen molar-refractivity contribution in [2.45, 2.75) is 32.2 Å². The monoisotopic (exact) mass is 269 g/mol. The van der Waals surface area contributed by atoms with Gasteiger partial charge in [-0.3, -0.25) is 14.9 Å². The number of carbonyl (C=O) groups is 1. The average Bonchev–Trinajstić information content (AvgIpc) is 2.37. The van der Waals surface area contributed by atoms with Crippen LogP contribution in [0.4, 0.5) is 15.8 Å². The van der Waals surface area contributed by atoms with Gasteiger partial charge in [-0.25, -0.2) is 4.39 Å². The molecule has 7 heteroatoms. The number of hydrogen-bond donors (Lipinski definition) is 2. The van der Waals surface area contributed by atoms with Crippen molar-refractivity contribution in [3.63, 3.8) is 0 Å². The summed E-state index contributed by atoms with van der Waals surface area (Å²) in [5.74, 6) is -1.25. The van der Waals surface area contributed by atoms with Gasteiger partial charge in [-0.05, 0) is 18.6 Å². The molecule has 1 aromatic rings. The number of hydrogen-bond acceptors (Lipinski definition) is 4.